The number of benzene rings is 1. The molecule has 0 heterocycles. The van der Waals surface area contributed by atoms with Gasteiger partial charge in [-0.25, -0.2) is 4.99 Å². The first-order valence-electron chi connectivity index (χ1n) is 9.71. The molecular weight excluding hydrogens is 387 g/mol. The molecule has 1 rings (SSSR count). The molecule has 9 heteroatoms. The van der Waals surface area contributed by atoms with Crippen LogP contribution in [0.25, 0.3) is 0 Å². The van der Waals surface area contributed by atoms with Crippen molar-refractivity contribution in [3.05, 3.63) is 23.8 Å². The fourth-order valence-corrected chi connectivity index (χ4v) is 2.30. The fourth-order valence-electron chi connectivity index (χ4n) is 2.30. The van der Waals surface area contributed by atoms with Crippen LogP contribution in [0.1, 0.15) is 32.8 Å². The fraction of sp³-hybridized carbons (Fsp3) is 0.650. The predicted molar refractivity (Wildman–Crippen MR) is 108 cm³/mol. The second kappa shape index (κ2) is 13.1. The van der Waals surface area contributed by atoms with Crippen LogP contribution in [0.2, 0.25) is 0 Å². The molecule has 6 nitrogen and oxygen atoms in total. The molecule has 0 aliphatic heterocycles. The summed E-state index contributed by atoms with van der Waals surface area (Å²) in [5, 5.41) is 6.39. The molecule has 0 spiro atoms. The lowest BCUT2D eigenvalue weighted by Gasteiger charge is -2.14. The van der Waals surface area contributed by atoms with Gasteiger partial charge in [0.1, 0.15) is 0 Å². The highest BCUT2D eigenvalue weighted by molar-refractivity contribution is 5.79. The first-order chi connectivity index (χ1) is 13.7. The van der Waals surface area contributed by atoms with Crippen molar-refractivity contribution in [2.75, 3.05) is 40.0 Å². The molecule has 0 saturated heterocycles. The van der Waals surface area contributed by atoms with E-state index in [0.717, 1.165) is 25.1 Å². The Morgan fingerprint density at radius 2 is 1.93 bits per heavy atom. The minimum absolute atomic E-state index is 0.0454. The minimum Gasteiger partial charge on any atom is -0.493 e. The topological polar surface area (TPSA) is 64.1 Å². The van der Waals surface area contributed by atoms with Crippen molar-refractivity contribution in [1.29, 1.82) is 0 Å². The number of halogens is 3. The van der Waals surface area contributed by atoms with Gasteiger partial charge < -0.3 is 24.8 Å². The van der Waals surface area contributed by atoms with Gasteiger partial charge in [-0.05, 0) is 37.0 Å². The van der Waals surface area contributed by atoms with Crippen LogP contribution >= 0.6 is 0 Å². The number of alkyl halides is 3. The summed E-state index contributed by atoms with van der Waals surface area (Å²) in [4.78, 5) is 4.50. The minimum atomic E-state index is -4.40. The molecule has 0 radical (unpaired) electrons. The summed E-state index contributed by atoms with van der Waals surface area (Å²) in [6.07, 6.45) is -3.55. The average molecular weight is 419 g/mol. The Balaban J connectivity index is 2.59. The molecule has 0 atom stereocenters. The highest BCUT2D eigenvalue weighted by Gasteiger charge is 2.29. The molecule has 0 bridgehead atoms. The molecule has 1 aromatic rings. The summed E-state index contributed by atoms with van der Waals surface area (Å²) in [5.41, 5.74) is 0.790. The van der Waals surface area contributed by atoms with Crippen molar-refractivity contribution >= 4 is 5.96 Å². The molecule has 166 valence electrons. The molecule has 0 aromatic heterocycles. The van der Waals surface area contributed by atoms with Gasteiger partial charge in [0.15, 0.2) is 24.1 Å². The first-order valence-corrected chi connectivity index (χ1v) is 9.71. The second-order valence-corrected chi connectivity index (χ2v) is 6.83. The van der Waals surface area contributed by atoms with Crippen molar-refractivity contribution in [2.24, 2.45) is 10.9 Å². The second-order valence-electron chi connectivity index (χ2n) is 6.83. The molecule has 0 unspecified atom stereocenters. The standard InChI is InChI=1S/C20H32F3N3O3/c1-5-24-19(25-9-6-10-28-13-15(2)3)26-12-16-7-8-17(18(11-16)27-4)29-14-20(21,22)23/h7-8,11,15H,5-6,9-10,12-14H2,1-4H3,(H2,24,25,26). The van der Waals surface area contributed by atoms with Crippen LogP contribution in [0.3, 0.4) is 0 Å². The Morgan fingerprint density at radius 1 is 1.17 bits per heavy atom. The molecule has 0 aliphatic rings. The highest BCUT2D eigenvalue weighted by Crippen LogP contribution is 2.30. The molecule has 29 heavy (non-hydrogen) atoms. The van der Waals surface area contributed by atoms with Gasteiger partial charge in [0.2, 0.25) is 0 Å². The lowest BCUT2D eigenvalue weighted by atomic mass is 10.2. The van der Waals surface area contributed by atoms with E-state index >= 15 is 0 Å². The zero-order chi connectivity index (χ0) is 21.7. The summed E-state index contributed by atoms with van der Waals surface area (Å²) in [6, 6.07) is 4.75. The van der Waals surface area contributed by atoms with Gasteiger partial charge >= 0.3 is 6.18 Å². The Morgan fingerprint density at radius 3 is 2.55 bits per heavy atom. The molecule has 0 aliphatic carbocycles. The van der Waals surface area contributed by atoms with Crippen LogP contribution < -0.4 is 20.1 Å². The maximum atomic E-state index is 12.3. The normalized spacial score (nSPS) is 12.2. The predicted octanol–water partition coefficient (Wildman–Crippen LogP) is 3.75. The number of methoxy groups -OCH3 is 1. The molecule has 0 amide bonds. The van der Waals surface area contributed by atoms with E-state index in [4.69, 9.17) is 14.2 Å². The van der Waals surface area contributed by atoms with Gasteiger partial charge in [0, 0.05) is 26.3 Å². The van der Waals surface area contributed by atoms with E-state index < -0.39 is 12.8 Å². The van der Waals surface area contributed by atoms with E-state index in [1.54, 1.807) is 12.1 Å². The van der Waals surface area contributed by atoms with Crippen LogP contribution in [0.5, 0.6) is 11.5 Å². The Kier molecular flexibility index (Phi) is 11.3. The quantitative estimate of drug-likeness (QED) is 0.307. The average Bonchev–Trinajstić information content (AvgIpc) is 2.66. The van der Waals surface area contributed by atoms with E-state index in [1.807, 2.05) is 6.92 Å². The monoisotopic (exact) mass is 419 g/mol. The molecular formula is C20H32F3N3O3. The number of ether oxygens (including phenoxy) is 3. The Hall–Kier alpha value is -2.16. The van der Waals surface area contributed by atoms with Gasteiger partial charge in [-0.3, -0.25) is 0 Å². The summed E-state index contributed by atoms with van der Waals surface area (Å²) in [6.45, 7) is 8.03. The van der Waals surface area contributed by atoms with Crippen molar-refractivity contribution < 1.29 is 27.4 Å². The van der Waals surface area contributed by atoms with Gasteiger partial charge in [0.05, 0.1) is 13.7 Å². The van der Waals surface area contributed by atoms with Gasteiger partial charge in [-0.15, -0.1) is 0 Å². The summed E-state index contributed by atoms with van der Waals surface area (Å²) < 4.78 is 52.5. The Labute approximate surface area is 170 Å². The van der Waals surface area contributed by atoms with E-state index in [1.165, 1.54) is 13.2 Å². The van der Waals surface area contributed by atoms with E-state index in [9.17, 15) is 13.2 Å². The zero-order valence-corrected chi connectivity index (χ0v) is 17.6. The number of hydrogen-bond donors (Lipinski definition) is 2. The number of nitrogens with zero attached hydrogens (tertiary/aromatic N) is 1. The van der Waals surface area contributed by atoms with Crippen LogP contribution in [0, 0.1) is 5.92 Å². The maximum Gasteiger partial charge on any atom is 0.422 e. The van der Waals surface area contributed by atoms with E-state index in [-0.39, 0.29) is 11.5 Å². The third kappa shape index (κ3) is 11.4. The molecule has 0 fully saturated rings. The van der Waals surface area contributed by atoms with Crippen molar-refractivity contribution in [2.45, 2.75) is 39.9 Å². The molecule has 0 saturated carbocycles. The summed E-state index contributed by atoms with van der Waals surface area (Å²) in [5.74, 6) is 1.46. The van der Waals surface area contributed by atoms with E-state index in [0.29, 0.717) is 31.6 Å². The molecule has 1 aromatic carbocycles. The van der Waals surface area contributed by atoms with Crippen LogP contribution in [0.4, 0.5) is 13.2 Å². The van der Waals surface area contributed by atoms with Crippen molar-refractivity contribution in [3.63, 3.8) is 0 Å². The highest BCUT2D eigenvalue weighted by atomic mass is 19.4. The first kappa shape index (κ1) is 24.9. The van der Waals surface area contributed by atoms with Gasteiger partial charge in [-0.2, -0.15) is 13.2 Å². The van der Waals surface area contributed by atoms with Gasteiger partial charge in [-0.1, -0.05) is 19.9 Å². The van der Waals surface area contributed by atoms with Crippen LogP contribution in [-0.2, 0) is 11.3 Å². The van der Waals surface area contributed by atoms with Crippen LogP contribution in [-0.4, -0.2) is 52.2 Å². The van der Waals surface area contributed by atoms with Gasteiger partial charge in [0.25, 0.3) is 0 Å². The van der Waals surface area contributed by atoms with Crippen LogP contribution in [0.15, 0.2) is 23.2 Å². The lowest BCUT2D eigenvalue weighted by molar-refractivity contribution is -0.153. The number of nitrogens with one attached hydrogen (secondary N) is 2. The summed E-state index contributed by atoms with van der Waals surface area (Å²) in [7, 11) is 1.38. The third-order valence-corrected chi connectivity index (χ3v) is 3.59. The smallest absolute Gasteiger partial charge is 0.422 e. The third-order valence-electron chi connectivity index (χ3n) is 3.59. The van der Waals surface area contributed by atoms with Crippen molar-refractivity contribution in [1.82, 2.24) is 10.6 Å². The number of rotatable bonds is 12. The molecule has 2 N–H and O–H groups in total. The van der Waals surface area contributed by atoms with E-state index in [2.05, 4.69) is 29.5 Å². The number of guanidine groups is 1. The zero-order valence-electron chi connectivity index (χ0n) is 17.6. The summed E-state index contributed by atoms with van der Waals surface area (Å²) >= 11 is 0. The van der Waals surface area contributed by atoms with Crippen molar-refractivity contribution in [3.8, 4) is 11.5 Å². The maximum absolute atomic E-state index is 12.3. The number of aliphatic imine (C=N–C) groups is 1. The SMILES string of the molecule is CCNC(=NCc1ccc(OCC(F)(F)F)c(OC)c1)NCCCOCC(C)C. The number of hydrogen-bond acceptors (Lipinski definition) is 4. The Bertz CT molecular complexity index is 623. The largest absolute Gasteiger partial charge is 0.493 e. The lowest BCUT2D eigenvalue weighted by Crippen LogP contribution is -2.38.